The van der Waals surface area contributed by atoms with E-state index >= 15 is 0 Å². The Bertz CT molecular complexity index is 916. The zero-order chi connectivity index (χ0) is 18.1. The molecule has 1 aliphatic heterocycles. The molecule has 0 amide bonds. The highest BCUT2D eigenvalue weighted by molar-refractivity contribution is 7.15. The number of thiophene rings is 1. The van der Waals surface area contributed by atoms with Crippen molar-refractivity contribution in [3.63, 3.8) is 0 Å². The summed E-state index contributed by atoms with van der Waals surface area (Å²) < 4.78 is 8.02. The summed E-state index contributed by atoms with van der Waals surface area (Å²) in [5.74, 6) is 1.89. The smallest absolute Gasteiger partial charge is 0.165 e. The Kier molecular flexibility index (Phi) is 4.70. The lowest BCUT2D eigenvalue weighted by atomic mass is 10.1. The van der Waals surface area contributed by atoms with Gasteiger partial charge >= 0.3 is 0 Å². The van der Waals surface area contributed by atoms with Crippen LogP contribution in [0.25, 0.3) is 10.4 Å². The van der Waals surface area contributed by atoms with Crippen molar-refractivity contribution in [3.8, 4) is 21.9 Å². The second-order valence-electron chi connectivity index (χ2n) is 6.69. The highest BCUT2D eigenvalue weighted by atomic mass is 32.1. The van der Waals surface area contributed by atoms with Crippen molar-refractivity contribution >= 4 is 11.3 Å². The average molecular weight is 369 g/mol. The molecule has 6 heteroatoms. The van der Waals surface area contributed by atoms with E-state index in [1.165, 1.54) is 9.75 Å². The van der Waals surface area contributed by atoms with Crippen molar-refractivity contribution in [3.05, 3.63) is 52.9 Å². The van der Waals surface area contributed by atoms with Crippen molar-refractivity contribution in [2.24, 2.45) is 0 Å². The Labute approximate surface area is 157 Å². The Morgan fingerprint density at radius 3 is 2.85 bits per heavy atom. The van der Waals surface area contributed by atoms with Gasteiger partial charge in [0.15, 0.2) is 11.5 Å². The molecule has 0 bridgehead atoms. The maximum Gasteiger partial charge on any atom is 0.165 e. The number of hydrogen-bond acceptors (Lipinski definition) is 5. The summed E-state index contributed by atoms with van der Waals surface area (Å²) in [6, 6.07) is 8.19. The molecular formula is C20H23N3O2S. The SMILES string of the molecule is Cc1ccc(-c2cc(O)c3c(c2)CN(CCn2ccnc2C)CCO3)s1. The molecule has 3 aromatic rings. The molecule has 0 saturated heterocycles. The average Bonchev–Trinajstić information content (AvgIpc) is 3.16. The quantitative estimate of drug-likeness (QED) is 0.759. The second-order valence-corrected chi connectivity index (χ2v) is 7.97. The summed E-state index contributed by atoms with van der Waals surface area (Å²) in [5, 5.41) is 10.5. The molecule has 0 unspecified atom stereocenters. The van der Waals surface area contributed by atoms with E-state index in [9.17, 15) is 5.11 Å². The number of phenols is 1. The van der Waals surface area contributed by atoms with Crippen LogP contribution in [0, 0.1) is 13.8 Å². The van der Waals surface area contributed by atoms with Crippen molar-refractivity contribution in [2.45, 2.75) is 26.9 Å². The fraction of sp³-hybridized carbons (Fsp3) is 0.350. The van der Waals surface area contributed by atoms with Crippen LogP contribution in [0.1, 0.15) is 16.3 Å². The van der Waals surface area contributed by atoms with Gasteiger partial charge in [0, 0.05) is 53.9 Å². The molecule has 1 N–H and O–H groups in total. The molecule has 0 radical (unpaired) electrons. The van der Waals surface area contributed by atoms with Crippen LogP contribution in [0.3, 0.4) is 0 Å². The van der Waals surface area contributed by atoms with Gasteiger partial charge in [-0.25, -0.2) is 4.98 Å². The molecule has 0 spiro atoms. The number of aromatic nitrogens is 2. The van der Waals surface area contributed by atoms with Crippen LogP contribution in [-0.4, -0.2) is 39.3 Å². The Balaban J connectivity index is 1.56. The van der Waals surface area contributed by atoms with Gasteiger partial charge in [-0.2, -0.15) is 0 Å². The van der Waals surface area contributed by atoms with Crippen LogP contribution in [0.4, 0.5) is 0 Å². The van der Waals surface area contributed by atoms with Gasteiger partial charge in [-0.3, -0.25) is 4.90 Å². The normalized spacial score (nSPS) is 14.7. The minimum atomic E-state index is 0.232. The second kappa shape index (κ2) is 7.13. The van der Waals surface area contributed by atoms with Gasteiger partial charge in [0.2, 0.25) is 0 Å². The molecule has 136 valence electrons. The van der Waals surface area contributed by atoms with E-state index < -0.39 is 0 Å². The molecule has 3 heterocycles. The molecule has 1 aliphatic rings. The molecule has 0 aliphatic carbocycles. The maximum atomic E-state index is 10.5. The van der Waals surface area contributed by atoms with Crippen molar-refractivity contribution < 1.29 is 9.84 Å². The summed E-state index contributed by atoms with van der Waals surface area (Å²) in [4.78, 5) is 9.09. The largest absolute Gasteiger partial charge is 0.504 e. The highest BCUT2D eigenvalue weighted by Gasteiger charge is 2.20. The monoisotopic (exact) mass is 369 g/mol. The maximum absolute atomic E-state index is 10.5. The van der Waals surface area contributed by atoms with Gasteiger partial charge in [-0.15, -0.1) is 11.3 Å². The van der Waals surface area contributed by atoms with Gasteiger partial charge in [-0.05, 0) is 43.7 Å². The first-order valence-electron chi connectivity index (χ1n) is 8.86. The first-order chi connectivity index (χ1) is 12.6. The zero-order valence-corrected chi connectivity index (χ0v) is 15.9. The van der Waals surface area contributed by atoms with Crippen LogP contribution < -0.4 is 4.74 Å². The van der Waals surface area contributed by atoms with Crippen molar-refractivity contribution in [1.29, 1.82) is 0 Å². The van der Waals surface area contributed by atoms with Gasteiger partial charge in [0.1, 0.15) is 12.4 Å². The lowest BCUT2D eigenvalue weighted by molar-refractivity contribution is 0.217. The minimum absolute atomic E-state index is 0.232. The van der Waals surface area contributed by atoms with E-state index in [1.807, 2.05) is 25.4 Å². The Morgan fingerprint density at radius 1 is 1.23 bits per heavy atom. The zero-order valence-electron chi connectivity index (χ0n) is 15.1. The number of benzene rings is 1. The van der Waals surface area contributed by atoms with Crippen LogP contribution >= 0.6 is 11.3 Å². The lowest BCUT2D eigenvalue weighted by Crippen LogP contribution is -2.29. The van der Waals surface area contributed by atoms with Crippen molar-refractivity contribution in [1.82, 2.24) is 14.5 Å². The first-order valence-corrected chi connectivity index (χ1v) is 9.67. The van der Waals surface area contributed by atoms with E-state index in [1.54, 1.807) is 11.3 Å². The third kappa shape index (κ3) is 3.48. The van der Waals surface area contributed by atoms with E-state index in [2.05, 4.69) is 39.6 Å². The van der Waals surface area contributed by atoms with Crippen LogP contribution in [0.5, 0.6) is 11.5 Å². The number of nitrogens with zero attached hydrogens (tertiary/aromatic N) is 3. The third-order valence-electron chi connectivity index (χ3n) is 4.80. The molecule has 5 nitrogen and oxygen atoms in total. The fourth-order valence-corrected chi connectivity index (χ4v) is 4.22. The first kappa shape index (κ1) is 17.1. The van der Waals surface area contributed by atoms with Crippen molar-refractivity contribution in [2.75, 3.05) is 19.7 Å². The molecule has 1 aromatic carbocycles. The molecule has 2 aromatic heterocycles. The number of imidazole rings is 1. The number of hydrogen-bond donors (Lipinski definition) is 1. The Hall–Kier alpha value is -2.31. The Morgan fingerprint density at radius 2 is 2.12 bits per heavy atom. The fourth-order valence-electron chi connectivity index (χ4n) is 3.37. The molecule has 4 rings (SSSR count). The third-order valence-corrected chi connectivity index (χ3v) is 5.85. The number of aryl methyl sites for hydroxylation is 2. The van der Waals surface area contributed by atoms with E-state index in [0.29, 0.717) is 12.4 Å². The predicted octanol–water partition coefficient (Wildman–Crippen LogP) is 3.83. The van der Waals surface area contributed by atoms with Gasteiger partial charge < -0.3 is 14.4 Å². The highest BCUT2D eigenvalue weighted by Crippen LogP contribution is 2.39. The minimum Gasteiger partial charge on any atom is -0.504 e. The molecule has 26 heavy (non-hydrogen) atoms. The van der Waals surface area contributed by atoms with Crippen LogP contribution in [0.15, 0.2) is 36.7 Å². The lowest BCUT2D eigenvalue weighted by Gasteiger charge is -2.20. The van der Waals surface area contributed by atoms with Crippen LogP contribution in [-0.2, 0) is 13.1 Å². The number of ether oxygens (including phenoxy) is 1. The molecular weight excluding hydrogens is 346 g/mol. The number of phenolic OH excluding ortho intramolecular Hbond substituents is 1. The summed E-state index contributed by atoms with van der Waals surface area (Å²) in [7, 11) is 0. The number of aromatic hydroxyl groups is 1. The van der Waals surface area contributed by atoms with Gasteiger partial charge in [0.25, 0.3) is 0 Å². The summed E-state index contributed by atoms with van der Waals surface area (Å²) in [6.07, 6.45) is 3.85. The number of rotatable bonds is 4. The predicted molar refractivity (Wildman–Crippen MR) is 104 cm³/mol. The molecule has 0 atom stereocenters. The summed E-state index contributed by atoms with van der Waals surface area (Å²) in [6.45, 7) is 8.14. The van der Waals surface area contributed by atoms with Gasteiger partial charge in [-0.1, -0.05) is 0 Å². The standard InChI is InChI=1S/C20H23N3O2S/c1-14-3-4-19(26-14)16-11-17-13-22(7-8-23-6-5-21-15(23)2)9-10-25-20(17)18(24)12-16/h3-6,11-12,24H,7-10,13H2,1-2H3. The molecule has 0 saturated carbocycles. The van der Waals surface area contributed by atoms with E-state index in [0.717, 1.165) is 43.1 Å². The topological polar surface area (TPSA) is 50.5 Å². The van der Waals surface area contributed by atoms with E-state index in [4.69, 9.17) is 4.74 Å². The van der Waals surface area contributed by atoms with E-state index in [-0.39, 0.29) is 5.75 Å². The molecule has 0 fully saturated rings. The van der Waals surface area contributed by atoms with Crippen LogP contribution in [0.2, 0.25) is 0 Å². The summed E-state index contributed by atoms with van der Waals surface area (Å²) >= 11 is 1.74. The number of fused-ring (bicyclic) bond motifs is 1. The summed E-state index contributed by atoms with van der Waals surface area (Å²) in [5.41, 5.74) is 2.10. The van der Waals surface area contributed by atoms with Gasteiger partial charge in [0.05, 0.1) is 0 Å².